The van der Waals surface area contributed by atoms with Gasteiger partial charge in [0.1, 0.15) is 0 Å². The predicted molar refractivity (Wildman–Crippen MR) is 88.0 cm³/mol. The van der Waals surface area contributed by atoms with Crippen molar-refractivity contribution in [1.82, 2.24) is 0 Å². The van der Waals surface area contributed by atoms with Crippen LogP contribution in [0.3, 0.4) is 0 Å². The lowest BCUT2D eigenvalue weighted by atomic mass is 10.0. The van der Waals surface area contributed by atoms with Crippen LogP contribution in [-0.4, -0.2) is 0 Å². The first kappa shape index (κ1) is 17.2. The molecule has 114 valence electrons. The smallest absolute Gasteiger partial charge is 0.172 e. The van der Waals surface area contributed by atoms with Gasteiger partial charge >= 0.3 is 0 Å². The van der Waals surface area contributed by atoms with Gasteiger partial charge in [0.05, 0.1) is 0 Å². The van der Waals surface area contributed by atoms with Gasteiger partial charge in [-0.3, -0.25) is 0 Å². The highest BCUT2D eigenvalue weighted by Crippen LogP contribution is 2.11. The summed E-state index contributed by atoms with van der Waals surface area (Å²) in [5.41, 5.74) is 1.49. The van der Waals surface area contributed by atoms with E-state index >= 15 is 0 Å². The van der Waals surface area contributed by atoms with Crippen molar-refractivity contribution >= 4 is 0 Å². The zero-order valence-electron chi connectivity index (χ0n) is 13.9. The Morgan fingerprint density at radius 1 is 0.900 bits per heavy atom. The van der Waals surface area contributed by atoms with Crippen LogP contribution in [-0.2, 0) is 6.42 Å². The maximum atomic E-state index is 2.31. The molecule has 0 aromatic carbocycles. The zero-order chi connectivity index (χ0) is 14.6. The fourth-order valence-corrected chi connectivity index (χ4v) is 2.65. The molecule has 0 amide bonds. The van der Waals surface area contributed by atoms with Crippen LogP contribution in [0.2, 0.25) is 0 Å². The van der Waals surface area contributed by atoms with E-state index in [1.165, 1.54) is 69.8 Å². The summed E-state index contributed by atoms with van der Waals surface area (Å²) in [5.74, 6) is 0. The quantitative estimate of drug-likeness (QED) is 0.364. The summed E-state index contributed by atoms with van der Waals surface area (Å²) in [7, 11) is 0. The molecule has 0 aliphatic rings. The molecule has 1 rings (SSSR count). The van der Waals surface area contributed by atoms with Crippen molar-refractivity contribution in [2.75, 3.05) is 0 Å². The van der Waals surface area contributed by atoms with E-state index in [1.54, 1.807) is 0 Å². The second kappa shape index (κ2) is 10.9. The molecule has 1 aromatic heterocycles. The van der Waals surface area contributed by atoms with Crippen molar-refractivity contribution in [2.45, 2.75) is 91.0 Å². The van der Waals surface area contributed by atoms with Crippen molar-refractivity contribution < 1.29 is 4.57 Å². The molecule has 0 radical (unpaired) electrons. The summed E-state index contributed by atoms with van der Waals surface area (Å²) in [6.07, 6.45) is 18.4. The standard InChI is InChI=1S/C19H34N/c1-4-5-6-7-8-9-10-11-12-14-19-15-13-16-20(17-19)18(2)3/h13,15-18H,4-12,14H2,1-3H3/q+1. The number of pyridine rings is 1. The third-order valence-electron chi connectivity index (χ3n) is 4.05. The molecule has 1 aromatic rings. The second-order valence-corrected chi connectivity index (χ2v) is 6.33. The topological polar surface area (TPSA) is 3.88 Å². The Bertz CT molecular complexity index is 343. The van der Waals surface area contributed by atoms with Crippen LogP contribution in [0.5, 0.6) is 0 Å². The summed E-state index contributed by atoms with van der Waals surface area (Å²) in [4.78, 5) is 0. The highest BCUT2D eigenvalue weighted by molar-refractivity contribution is 5.05. The van der Waals surface area contributed by atoms with Crippen molar-refractivity contribution in [3.05, 3.63) is 30.1 Å². The summed E-state index contributed by atoms with van der Waals surface area (Å²) < 4.78 is 2.31. The van der Waals surface area contributed by atoms with Crippen LogP contribution < -0.4 is 4.57 Å². The van der Waals surface area contributed by atoms with Gasteiger partial charge in [-0.05, 0) is 32.8 Å². The molecule has 1 heteroatoms. The molecule has 0 saturated carbocycles. The number of aryl methyl sites for hydroxylation is 1. The van der Waals surface area contributed by atoms with E-state index in [2.05, 4.69) is 49.9 Å². The lowest BCUT2D eigenvalue weighted by Gasteiger charge is -2.04. The largest absolute Gasteiger partial charge is 0.203 e. The summed E-state index contributed by atoms with van der Waals surface area (Å²) in [6, 6.07) is 5.02. The Morgan fingerprint density at radius 3 is 2.10 bits per heavy atom. The number of rotatable bonds is 11. The monoisotopic (exact) mass is 276 g/mol. The van der Waals surface area contributed by atoms with Gasteiger partial charge in [0.15, 0.2) is 18.4 Å². The van der Waals surface area contributed by atoms with Gasteiger partial charge in [-0.15, -0.1) is 0 Å². The maximum absolute atomic E-state index is 2.31. The molecule has 0 aliphatic heterocycles. The molecule has 0 unspecified atom stereocenters. The molecule has 0 aliphatic carbocycles. The minimum atomic E-state index is 0.568. The Kier molecular flexibility index (Phi) is 9.36. The lowest BCUT2D eigenvalue weighted by molar-refractivity contribution is -0.716. The van der Waals surface area contributed by atoms with Gasteiger partial charge in [-0.1, -0.05) is 58.3 Å². The number of hydrogen-bond donors (Lipinski definition) is 0. The Balaban J connectivity index is 2.05. The van der Waals surface area contributed by atoms with Crippen LogP contribution in [0.1, 0.15) is 90.2 Å². The first-order chi connectivity index (χ1) is 9.74. The Morgan fingerprint density at radius 2 is 1.50 bits per heavy atom. The molecule has 0 saturated heterocycles. The van der Waals surface area contributed by atoms with Gasteiger partial charge in [0.2, 0.25) is 0 Å². The second-order valence-electron chi connectivity index (χ2n) is 6.33. The van der Waals surface area contributed by atoms with E-state index in [-0.39, 0.29) is 0 Å². The van der Waals surface area contributed by atoms with Gasteiger partial charge in [0.25, 0.3) is 0 Å². The molecule has 1 heterocycles. The maximum Gasteiger partial charge on any atom is 0.172 e. The van der Waals surface area contributed by atoms with Crippen LogP contribution in [0.4, 0.5) is 0 Å². The Hall–Kier alpha value is -0.850. The minimum absolute atomic E-state index is 0.568. The molecular formula is C19H34N+. The van der Waals surface area contributed by atoms with Crippen LogP contribution in [0, 0.1) is 0 Å². The SMILES string of the molecule is CCCCCCCCCCCc1ccc[n+](C(C)C)c1. The fraction of sp³-hybridized carbons (Fsp3) is 0.737. The molecule has 0 bridgehead atoms. The van der Waals surface area contributed by atoms with Crippen molar-refractivity contribution in [3.8, 4) is 0 Å². The molecular weight excluding hydrogens is 242 g/mol. The highest BCUT2D eigenvalue weighted by atomic mass is 15.0. The van der Waals surface area contributed by atoms with Crippen LogP contribution in [0.25, 0.3) is 0 Å². The average molecular weight is 276 g/mol. The van der Waals surface area contributed by atoms with E-state index in [4.69, 9.17) is 0 Å². The molecule has 0 fully saturated rings. The fourth-order valence-electron chi connectivity index (χ4n) is 2.65. The molecule has 0 atom stereocenters. The molecule has 0 spiro atoms. The lowest BCUT2D eigenvalue weighted by Crippen LogP contribution is -2.35. The van der Waals surface area contributed by atoms with Crippen LogP contribution in [0.15, 0.2) is 24.5 Å². The van der Waals surface area contributed by atoms with Gasteiger partial charge in [-0.2, -0.15) is 0 Å². The first-order valence-electron chi connectivity index (χ1n) is 8.73. The normalized spacial score (nSPS) is 11.2. The van der Waals surface area contributed by atoms with E-state index in [9.17, 15) is 0 Å². The number of hydrogen-bond acceptors (Lipinski definition) is 0. The van der Waals surface area contributed by atoms with E-state index in [0.717, 1.165) is 0 Å². The minimum Gasteiger partial charge on any atom is -0.203 e. The highest BCUT2D eigenvalue weighted by Gasteiger charge is 2.06. The third-order valence-corrected chi connectivity index (χ3v) is 4.05. The van der Waals surface area contributed by atoms with Crippen molar-refractivity contribution in [2.24, 2.45) is 0 Å². The van der Waals surface area contributed by atoms with Gasteiger partial charge in [0, 0.05) is 11.6 Å². The summed E-state index contributed by atoms with van der Waals surface area (Å²) in [6.45, 7) is 6.76. The average Bonchev–Trinajstić information content (AvgIpc) is 2.46. The number of aromatic nitrogens is 1. The van der Waals surface area contributed by atoms with E-state index in [0.29, 0.717) is 6.04 Å². The number of nitrogens with zero attached hydrogens (tertiary/aromatic N) is 1. The van der Waals surface area contributed by atoms with Crippen molar-refractivity contribution in [1.29, 1.82) is 0 Å². The molecule has 0 N–H and O–H groups in total. The predicted octanol–water partition coefficient (Wildman–Crippen LogP) is 5.63. The van der Waals surface area contributed by atoms with Crippen LogP contribution >= 0.6 is 0 Å². The van der Waals surface area contributed by atoms with Gasteiger partial charge < -0.3 is 0 Å². The van der Waals surface area contributed by atoms with E-state index in [1.807, 2.05) is 0 Å². The molecule has 1 nitrogen and oxygen atoms in total. The summed E-state index contributed by atoms with van der Waals surface area (Å²) in [5, 5.41) is 0. The Labute approximate surface area is 126 Å². The first-order valence-corrected chi connectivity index (χ1v) is 8.73. The van der Waals surface area contributed by atoms with E-state index < -0.39 is 0 Å². The number of unbranched alkanes of at least 4 members (excludes halogenated alkanes) is 8. The third kappa shape index (κ3) is 7.67. The van der Waals surface area contributed by atoms with Crippen molar-refractivity contribution in [3.63, 3.8) is 0 Å². The zero-order valence-corrected chi connectivity index (χ0v) is 13.9. The molecule has 20 heavy (non-hydrogen) atoms. The van der Waals surface area contributed by atoms with Gasteiger partial charge in [-0.25, -0.2) is 4.57 Å². The summed E-state index contributed by atoms with van der Waals surface area (Å²) >= 11 is 0.